The van der Waals surface area contributed by atoms with Gasteiger partial charge >= 0.3 is 0 Å². The minimum Gasteiger partial charge on any atom is -0.323 e. The molecule has 4 aromatic rings. The van der Waals surface area contributed by atoms with Crippen LogP contribution in [0.3, 0.4) is 0 Å². The molecule has 1 atom stereocenters. The summed E-state index contributed by atoms with van der Waals surface area (Å²) >= 11 is 1.07. The molecular weight excluding hydrogens is 444 g/mol. The van der Waals surface area contributed by atoms with Crippen molar-refractivity contribution in [2.45, 2.75) is 30.7 Å². The number of hydrogen-bond donors (Lipinski definition) is 1. The lowest BCUT2D eigenvalue weighted by atomic mass is 10.1. The van der Waals surface area contributed by atoms with E-state index >= 15 is 0 Å². The van der Waals surface area contributed by atoms with Crippen LogP contribution >= 0.6 is 11.8 Å². The molecule has 1 amide bonds. The zero-order valence-corrected chi connectivity index (χ0v) is 18.8. The predicted molar refractivity (Wildman–Crippen MR) is 127 cm³/mol. The summed E-state index contributed by atoms with van der Waals surface area (Å²) in [6, 6.07) is 17.4. The van der Waals surface area contributed by atoms with E-state index in [2.05, 4.69) is 10.3 Å². The number of thioether (sulfide) groups is 1. The van der Waals surface area contributed by atoms with Gasteiger partial charge in [-0.3, -0.25) is 14.2 Å². The Bertz CT molecular complexity index is 1390. The quantitative estimate of drug-likeness (QED) is 0.308. The standard InChI is InChI=1S/C25H21F2N3O2S/c1-3-16-8-11-18(12-9-16)30-24(32)19-6-4-5-7-21(19)29-25(30)33-15(2)23(31)28-22-14-17(26)10-13-20(22)27/h4-15H,3H2,1-2H3,(H,28,31). The van der Waals surface area contributed by atoms with E-state index in [0.29, 0.717) is 21.7 Å². The Labute approximate surface area is 193 Å². The number of carbonyl (C=O) groups excluding carboxylic acids is 1. The fourth-order valence-corrected chi connectivity index (χ4v) is 4.27. The molecule has 0 bridgehead atoms. The largest absolute Gasteiger partial charge is 0.323 e. The highest BCUT2D eigenvalue weighted by atomic mass is 32.2. The third-order valence-corrected chi connectivity index (χ3v) is 6.24. The van der Waals surface area contributed by atoms with Crippen LogP contribution < -0.4 is 10.9 Å². The molecule has 4 rings (SSSR count). The first kappa shape index (κ1) is 22.7. The van der Waals surface area contributed by atoms with Crippen LogP contribution in [-0.4, -0.2) is 20.7 Å². The molecule has 1 heterocycles. The molecule has 0 radical (unpaired) electrons. The van der Waals surface area contributed by atoms with Gasteiger partial charge in [0, 0.05) is 6.07 Å². The number of fused-ring (bicyclic) bond motifs is 1. The van der Waals surface area contributed by atoms with Crippen LogP contribution in [0, 0.1) is 11.6 Å². The number of nitrogens with zero attached hydrogens (tertiary/aromatic N) is 2. The molecule has 1 aromatic heterocycles. The average molecular weight is 466 g/mol. The Morgan fingerprint density at radius 1 is 1.09 bits per heavy atom. The first-order valence-corrected chi connectivity index (χ1v) is 11.3. The van der Waals surface area contributed by atoms with Crippen molar-refractivity contribution in [3.63, 3.8) is 0 Å². The number of hydrogen-bond acceptors (Lipinski definition) is 4. The van der Waals surface area contributed by atoms with Gasteiger partial charge in [-0.15, -0.1) is 0 Å². The van der Waals surface area contributed by atoms with Gasteiger partial charge < -0.3 is 5.32 Å². The molecule has 0 aliphatic carbocycles. The zero-order chi connectivity index (χ0) is 23.5. The van der Waals surface area contributed by atoms with Gasteiger partial charge in [0.15, 0.2) is 5.16 Å². The Morgan fingerprint density at radius 3 is 2.55 bits per heavy atom. The summed E-state index contributed by atoms with van der Waals surface area (Å²) in [5, 5.41) is 2.44. The summed E-state index contributed by atoms with van der Waals surface area (Å²) in [5.41, 5.74) is 1.76. The van der Waals surface area contributed by atoms with Crippen molar-refractivity contribution in [3.8, 4) is 5.69 Å². The van der Waals surface area contributed by atoms with E-state index in [4.69, 9.17) is 0 Å². The molecule has 5 nitrogen and oxygen atoms in total. The third-order valence-electron chi connectivity index (χ3n) is 5.19. The predicted octanol–water partition coefficient (Wildman–Crippen LogP) is 5.35. The van der Waals surface area contributed by atoms with E-state index < -0.39 is 22.8 Å². The Morgan fingerprint density at radius 2 is 1.82 bits per heavy atom. The second kappa shape index (κ2) is 9.54. The molecule has 0 saturated carbocycles. The molecule has 0 saturated heterocycles. The second-order valence-electron chi connectivity index (χ2n) is 7.45. The molecule has 8 heteroatoms. The van der Waals surface area contributed by atoms with Crippen LogP contribution in [0.15, 0.2) is 76.7 Å². The van der Waals surface area contributed by atoms with Crippen molar-refractivity contribution in [2.24, 2.45) is 0 Å². The maximum absolute atomic E-state index is 13.9. The highest BCUT2D eigenvalue weighted by Gasteiger charge is 2.21. The van der Waals surface area contributed by atoms with Crippen LogP contribution in [0.2, 0.25) is 0 Å². The molecule has 3 aromatic carbocycles. The smallest absolute Gasteiger partial charge is 0.266 e. The van der Waals surface area contributed by atoms with Crippen molar-refractivity contribution >= 4 is 34.3 Å². The summed E-state index contributed by atoms with van der Waals surface area (Å²) in [5.74, 6) is -1.94. The highest BCUT2D eigenvalue weighted by molar-refractivity contribution is 8.00. The van der Waals surface area contributed by atoms with E-state index in [1.165, 1.54) is 4.57 Å². The van der Waals surface area contributed by atoms with Crippen LogP contribution in [-0.2, 0) is 11.2 Å². The molecule has 0 aliphatic rings. The van der Waals surface area contributed by atoms with Crippen LogP contribution in [0.25, 0.3) is 16.6 Å². The Balaban J connectivity index is 1.72. The van der Waals surface area contributed by atoms with Crippen molar-refractivity contribution in [3.05, 3.63) is 94.3 Å². The Kier molecular flexibility index (Phi) is 6.55. The summed E-state index contributed by atoms with van der Waals surface area (Å²) in [6.07, 6.45) is 0.862. The fourth-order valence-electron chi connectivity index (χ4n) is 3.34. The van der Waals surface area contributed by atoms with Gasteiger partial charge in [-0.05, 0) is 55.3 Å². The maximum atomic E-state index is 13.9. The molecule has 0 spiro atoms. The minimum absolute atomic E-state index is 0.244. The summed E-state index contributed by atoms with van der Waals surface area (Å²) < 4.78 is 28.9. The van der Waals surface area contributed by atoms with E-state index in [-0.39, 0.29) is 11.2 Å². The fraction of sp³-hybridized carbons (Fsp3) is 0.160. The number of amides is 1. The van der Waals surface area contributed by atoms with Gasteiger partial charge in [0.2, 0.25) is 5.91 Å². The monoisotopic (exact) mass is 465 g/mol. The van der Waals surface area contributed by atoms with Crippen LogP contribution in [0.1, 0.15) is 19.4 Å². The van der Waals surface area contributed by atoms with Crippen molar-refractivity contribution in [2.75, 3.05) is 5.32 Å². The zero-order valence-electron chi connectivity index (χ0n) is 18.0. The first-order chi connectivity index (χ1) is 15.9. The number of anilines is 1. The van der Waals surface area contributed by atoms with Gasteiger partial charge in [-0.25, -0.2) is 13.8 Å². The molecule has 1 unspecified atom stereocenters. The molecule has 0 fully saturated rings. The lowest BCUT2D eigenvalue weighted by Crippen LogP contribution is -2.26. The topological polar surface area (TPSA) is 64.0 Å². The van der Waals surface area contributed by atoms with Crippen molar-refractivity contribution in [1.29, 1.82) is 0 Å². The van der Waals surface area contributed by atoms with E-state index in [0.717, 1.165) is 41.9 Å². The van der Waals surface area contributed by atoms with E-state index in [1.54, 1.807) is 31.2 Å². The van der Waals surface area contributed by atoms with Gasteiger partial charge in [0.25, 0.3) is 5.56 Å². The Hall–Kier alpha value is -3.52. The molecule has 168 valence electrons. The highest BCUT2D eigenvalue weighted by Crippen LogP contribution is 2.26. The van der Waals surface area contributed by atoms with Gasteiger partial charge in [-0.2, -0.15) is 0 Å². The van der Waals surface area contributed by atoms with Crippen molar-refractivity contribution in [1.82, 2.24) is 9.55 Å². The maximum Gasteiger partial charge on any atom is 0.266 e. The third kappa shape index (κ3) is 4.80. The number of aryl methyl sites for hydroxylation is 1. The van der Waals surface area contributed by atoms with Crippen molar-refractivity contribution < 1.29 is 13.6 Å². The summed E-state index contributed by atoms with van der Waals surface area (Å²) in [7, 11) is 0. The van der Waals surface area contributed by atoms with Gasteiger partial charge in [0.05, 0.1) is 27.5 Å². The molecule has 1 N–H and O–H groups in total. The van der Waals surface area contributed by atoms with Gasteiger partial charge in [-0.1, -0.05) is 43.0 Å². The number of halogens is 2. The summed E-state index contributed by atoms with van der Waals surface area (Å²) in [4.78, 5) is 30.7. The van der Waals surface area contributed by atoms with Gasteiger partial charge in [0.1, 0.15) is 11.6 Å². The minimum atomic E-state index is -0.748. The van der Waals surface area contributed by atoms with Crippen LogP contribution in [0.4, 0.5) is 14.5 Å². The first-order valence-electron chi connectivity index (χ1n) is 10.4. The number of nitrogens with one attached hydrogen (secondary N) is 1. The lowest BCUT2D eigenvalue weighted by Gasteiger charge is -2.17. The average Bonchev–Trinajstić information content (AvgIpc) is 2.82. The SMILES string of the molecule is CCc1ccc(-n2c(SC(C)C(=O)Nc3cc(F)ccc3F)nc3ccccc3c2=O)cc1. The van der Waals surface area contributed by atoms with Crippen LogP contribution in [0.5, 0.6) is 0 Å². The number of para-hydroxylation sites is 1. The second-order valence-corrected chi connectivity index (χ2v) is 8.75. The number of rotatable bonds is 6. The molecular formula is C25H21F2N3O2S. The normalized spacial score (nSPS) is 12.0. The molecule has 0 aliphatic heterocycles. The number of benzene rings is 3. The summed E-state index contributed by atoms with van der Waals surface area (Å²) in [6.45, 7) is 3.66. The number of aromatic nitrogens is 2. The number of carbonyl (C=O) groups is 1. The molecule has 33 heavy (non-hydrogen) atoms. The van der Waals surface area contributed by atoms with E-state index in [9.17, 15) is 18.4 Å². The van der Waals surface area contributed by atoms with E-state index in [1.807, 2.05) is 31.2 Å². The lowest BCUT2D eigenvalue weighted by molar-refractivity contribution is -0.115.